The second-order valence-electron chi connectivity index (χ2n) is 4.04. The van der Waals surface area contributed by atoms with Gasteiger partial charge in [-0.25, -0.2) is 9.97 Å². The van der Waals surface area contributed by atoms with Crippen molar-refractivity contribution in [3.05, 3.63) is 35.1 Å². The molecule has 3 rings (SSSR count). The quantitative estimate of drug-likeness (QED) is 0.703. The average Bonchev–Trinajstić information content (AvgIpc) is 2.87. The Morgan fingerprint density at radius 2 is 2.25 bits per heavy atom. The second-order valence-corrected chi connectivity index (χ2v) is 6.02. The topological polar surface area (TPSA) is 66.5 Å². The highest BCUT2D eigenvalue weighted by Crippen LogP contribution is 2.32. The first-order valence-corrected chi connectivity index (χ1v) is 7.75. The van der Waals surface area contributed by atoms with Crippen LogP contribution < -0.4 is 5.32 Å². The van der Waals surface area contributed by atoms with Gasteiger partial charge in [-0.2, -0.15) is 4.98 Å². The smallest absolute Gasteiger partial charge is 0.225 e. The first-order chi connectivity index (χ1) is 9.76. The third-order valence-electron chi connectivity index (χ3n) is 2.60. The minimum Gasteiger partial charge on any atom is -0.354 e. The lowest BCUT2D eigenvalue weighted by Crippen LogP contribution is -2.03. The fourth-order valence-electron chi connectivity index (χ4n) is 1.76. The maximum atomic E-state index is 4.54. The maximum Gasteiger partial charge on any atom is 0.225 e. The molecular formula is C13H12BrN5S. The van der Waals surface area contributed by atoms with Gasteiger partial charge in [-0.15, -0.1) is 0 Å². The van der Waals surface area contributed by atoms with Crippen molar-refractivity contribution in [2.45, 2.75) is 16.8 Å². The van der Waals surface area contributed by atoms with E-state index in [0.29, 0.717) is 11.6 Å². The van der Waals surface area contributed by atoms with Gasteiger partial charge in [-0.05, 0) is 25.1 Å². The summed E-state index contributed by atoms with van der Waals surface area (Å²) in [4.78, 5) is 17.3. The van der Waals surface area contributed by atoms with Gasteiger partial charge in [0.25, 0.3) is 0 Å². The van der Waals surface area contributed by atoms with E-state index in [-0.39, 0.29) is 0 Å². The normalized spacial score (nSPS) is 10.9. The Bertz CT molecular complexity index is 742. The molecule has 7 heteroatoms. The van der Waals surface area contributed by atoms with Crippen LogP contribution in [0.5, 0.6) is 0 Å². The number of aromatic amines is 1. The molecule has 1 aromatic carbocycles. The van der Waals surface area contributed by atoms with Gasteiger partial charge in [-0.3, -0.25) is 0 Å². The van der Waals surface area contributed by atoms with Crippen molar-refractivity contribution in [1.29, 1.82) is 0 Å². The molecule has 0 aliphatic heterocycles. The summed E-state index contributed by atoms with van der Waals surface area (Å²) in [5.41, 5.74) is 1.53. The SMILES string of the molecule is CCNc1nc(Sc2cccc(Br)c2)c2[nH]cnc2n1. The summed E-state index contributed by atoms with van der Waals surface area (Å²) in [5.74, 6) is 0.601. The van der Waals surface area contributed by atoms with Gasteiger partial charge >= 0.3 is 0 Å². The monoisotopic (exact) mass is 349 g/mol. The molecule has 2 N–H and O–H groups in total. The number of hydrogen-bond donors (Lipinski definition) is 2. The van der Waals surface area contributed by atoms with Crippen LogP contribution in [0.1, 0.15) is 6.92 Å². The summed E-state index contributed by atoms with van der Waals surface area (Å²) in [6.45, 7) is 2.79. The molecule has 0 atom stereocenters. The average molecular weight is 350 g/mol. The molecule has 5 nitrogen and oxygen atoms in total. The Labute approximate surface area is 128 Å². The van der Waals surface area contributed by atoms with Gasteiger partial charge in [0, 0.05) is 15.9 Å². The number of benzene rings is 1. The van der Waals surface area contributed by atoms with Gasteiger partial charge < -0.3 is 10.3 Å². The van der Waals surface area contributed by atoms with E-state index in [4.69, 9.17) is 0 Å². The molecule has 0 fully saturated rings. The number of fused-ring (bicyclic) bond motifs is 1. The minimum absolute atomic E-state index is 0.601. The van der Waals surface area contributed by atoms with Crippen LogP contribution in [0.15, 0.2) is 45.0 Å². The number of H-pyrrole nitrogens is 1. The third kappa shape index (κ3) is 2.78. The number of nitrogens with one attached hydrogen (secondary N) is 2. The van der Waals surface area contributed by atoms with Crippen LogP contribution in [-0.2, 0) is 0 Å². The van der Waals surface area contributed by atoms with Gasteiger partial charge in [0.2, 0.25) is 5.95 Å². The molecular weight excluding hydrogens is 338 g/mol. The molecule has 0 bridgehead atoms. The molecule has 102 valence electrons. The largest absolute Gasteiger partial charge is 0.354 e. The van der Waals surface area contributed by atoms with Crippen molar-refractivity contribution in [1.82, 2.24) is 19.9 Å². The maximum absolute atomic E-state index is 4.54. The van der Waals surface area contributed by atoms with Gasteiger partial charge in [0.05, 0.1) is 6.33 Å². The zero-order valence-corrected chi connectivity index (χ0v) is 13.1. The zero-order valence-electron chi connectivity index (χ0n) is 10.7. The number of aromatic nitrogens is 4. The molecule has 0 unspecified atom stereocenters. The molecule has 0 aliphatic rings. The lowest BCUT2D eigenvalue weighted by molar-refractivity contribution is 1.04. The Morgan fingerprint density at radius 3 is 3.05 bits per heavy atom. The molecule has 0 saturated carbocycles. The van der Waals surface area contributed by atoms with Gasteiger partial charge in [0.15, 0.2) is 5.65 Å². The molecule has 2 heterocycles. The molecule has 0 spiro atoms. The zero-order chi connectivity index (χ0) is 13.9. The van der Waals surface area contributed by atoms with Crippen LogP contribution in [0.2, 0.25) is 0 Å². The van der Waals surface area contributed by atoms with Crippen molar-refractivity contribution in [3.63, 3.8) is 0 Å². The number of halogens is 1. The lowest BCUT2D eigenvalue weighted by Gasteiger charge is -2.06. The Kier molecular flexibility index (Phi) is 3.88. The van der Waals surface area contributed by atoms with Gasteiger partial charge in [-0.1, -0.05) is 33.8 Å². The van der Waals surface area contributed by atoms with Crippen molar-refractivity contribution >= 4 is 44.8 Å². The Hall–Kier alpha value is -1.60. The van der Waals surface area contributed by atoms with E-state index in [0.717, 1.165) is 26.5 Å². The van der Waals surface area contributed by atoms with Crippen LogP contribution in [0.25, 0.3) is 11.2 Å². The van der Waals surface area contributed by atoms with Gasteiger partial charge in [0.1, 0.15) is 10.5 Å². The number of rotatable bonds is 4. The van der Waals surface area contributed by atoms with E-state index in [1.807, 2.05) is 25.1 Å². The Balaban J connectivity index is 2.02. The summed E-state index contributed by atoms with van der Waals surface area (Å²) in [6, 6.07) is 8.11. The van der Waals surface area contributed by atoms with Crippen molar-refractivity contribution in [3.8, 4) is 0 Å². The number of nitrogens with zero attached hydrogens (tertiary/aromatic N) is 3. The highest BCUT2D eigenvalue weighted by atomic mass is 79.9. The van der Waals surface area contributed by atoms with E-state index in [9.17, 15) is 0 Å². The molecule has 0 amide bonds. The summed E-state index contributed by atoms with van der Waals surface area (Å²) in [6.07, 6.45) is 1.64. The summed E-state index contributed by atoms with van der Waals surface area (Å²) >= 11 is 5.06. The Morgan fingerprint density at radius 1 is 1.35 bits per heavy atom. The number of anilines is 1. The molecule has 0 radical (unpaired) electrons. The van der Waals surface area contributed by atoms with Crippen molar-refractivity contribution in [2.75, 3.05) is 11.9 Å². The summed E-state index contributed by atoms with van der Waals surface area (Å²) in [5, 5.41) is 3.99. The van der Waals surface area contributed by atoms with E-state index in [1.54, 1.807) is 18.1 Å². The van der Waals surface area contributed by atoms with Crippen LogP contribution in [-0.4, -0.2) is 26.5 Å². The lowest BCUT2D eigenvalue weighted by atomic mass is 10.4. The molecule has 0 saturated heterocycles. The first-order valence-electron chi connectivity index (χ1n) is 6.14. The van der Waals surface area contributed by atoms with E-state index in [2.05, 4.69) is 47.2 Å². The van der Waals surface area contributed by atoms with Crippen LogP contribution >= 0.6 is 27.7 Å². The molecule has 2 aromatic heterocycles. The molecule has 3 aromatic rings. The predicted molar refractivity (Wildman–Crippen MR) is 84.1 cm³/mol. The van der Waals surface area contributed by atoms with Crippen LogP contribution in [0.3, 0.4) is 0 Å². The third-order valence-corrected chi connectivity index (χ3v) is 4.07. The summed E-state index contributed by atoms with van der Waals surface area (Å²) < 4.78 is 1.05. The van der Waals surface area contributed by atoms with Crippen LogP contribution in [0.4, 0.5) is 5.95 Å². The number of hydrogen-bond acceptors (Lipinski definition) is 5. The fourth-order valence-corrected chi connectivity index (χ4v) is 3.25. The standard InChI is InChI=1S/C13H12BrN5S/c1-2-15-13-18-11-10(16-7-17-11)12(19-13)20-9-5-3-4-8(14)6-9/h3-7H,2H2,1H3,(H2,15,16,17,18,19). The summed E-state index contributed by atoms with van der Waals surface area (Å²) in [7, 11) is 0. The number of imidazole rings is 1. The molecule has 20 heavy (non-hydrogen) atoms. The molecule has 0 aliphatic carbocycles. The predicted octanol–water partition coefficient (Wildman–Crippen LogP) is 3.70. The van der Waals surface area contributed by atoms with E-state index >= 15 is 0 Å². The highest BCUT2D eigenvalue weighted by Gasteiger charge is 2.11. The van der Waals surface area contributed by atoms with Crippen LogP contribution in [0, 0.1) is 0 Å². The minimum atomic E-state index is 0.601. The van der Waals surface area contributed by atoms with E-state index in [1.165, 1.54) is 0 Å². The first kappa shape index (κ1) is 13.4. The highest BCUT2D eigenvalue weighted by molar-refractivity contribution is 9.10. The second kappa shape index (κ2) is 5.80. The fraction of sp³-hybridized carbons (Fsp3) is 0.154. The van der Waals surface area contributed by atoms with Crippen molar-refractivity contribution < 1.29 is 0 Å². The van der Waals surface area contributed by atoms with E-state index < -0.39 is 0 Å². The van der Waals surface area contributed by atoms with Crippen molar-refractivity contribution in [2.24, 2.45) is 0 Å².